The summed E-state index contributed by atoms with van der Waals surface area (Å²) < 4.78 is 0. The van der Waals surface area contributed by atoms with Crippen molar-refractivity contribution >= 4 is 24.8 Å². The molecule has 5 rings (SSSR count). The minimum Gasteiger partial charge on any atom is -0.303 e. The number of benzene rings is 1. The fourth-order valence-electron chi connectivity index (χ4n) is 6.68. The molecule has 0 bridgehead atoms. The number of halogens is 2. The van der Waals surface area contributed by atoms with Crippen LogP contribution in [0.3, 0.4) is 0 Å². The van der Waals surface area contributed by atoms with Crippen LogP contribution in [-0.4, -0.2) is 48.6 Å². The van der Waals surface area contributed by atoms with Crippen molar-refractivity contribution in [2.45, 2.75) is 76.2 Å². The molecule has 2 heterocycles. The molecule has 0 amide bonds. The van der Waals surface area contributed by atoms with Crippen LogP contribution in [0.1, 0.15) is 74.8 Å². The van der Waals surface area contributed by atoms with Crippen LogP contribution in [0.15, 0.2) is 24.3 Å². The Hall–Kier alpha value is -0.280. The summed E-state index contributed by atoms with van der Waals surface area (Å²) >= 11 is 0. The summed E-state index contributed by atoms with van der Waals surface area (Å²) in [7, 11) is 0. The quantitative estimate of drug-likeness (QED) is 0.561. The van der Waals surface area contributed by atoms with E-state index in [4.69, 9.17) is 0 Å². The minimum atomic E-state index is 0. The van der Waals surface area contributed by atoms with E-state index in [0.717, 1.165) is 23.8 Å². The monoisotopic (exact) mass is 438 g/mol. The first-order valence-electron chi connectivity index (χ1n) is 11.9. The van der Waals surface area contributed by atoms with Crippen LogP contribution in [-0.2, 0) is 6.42 Å². The number of nitrogens with zero attached hydrogens (tertiary/aromatic N) is 2. The number of fused-ring (bicyclic) bond motifs is 1. The highest BCUT2D eigenvalue weighted by molar-refractivity contribution is 5.85. The molecule has 1 aromatic carbocycles. The Labute approximate surface area is 190 Å². The lowest BCUT2D eigenvalue weighted by Gasteiger charge is -2.32. The lowest BCUT2D eigenvalue weighted by Crippen LogP contribution is -2.35. The zero-order valence-electron chi connectivity index (χ0n) is 17.9. The van der Waals surface area contributed by atoms with Crippen molar-refractivity contribution in [3.8, 4) is 0 Å². The van der Waals surface area contributed by atoms with Crippen LogP contribution in [0.25, 0.3) is 0 Å². The molecule has 0 aromatic heterocycles. The molecule has 1 aromatic rings. The summed E-state index contributed by atoms with van der Waals surface area (Å²) in [6.07, 6.45) is 14.3. The number of rotatable bonds is 5. The lowest BCUT2D eigenvalue weighted by molar-refractivity contribution is 0.176. The molecular formula is C25H40Cl2N2. The topological polar surface area (TPSA) is 6.48 Å². The molecule has 2 aliphatic carbocycles. The molecule has 0 N–H and O–H groups in total. The van der Waals surface area contributed by atoms with Gasteiger partial charge in [0.15, 0.2) is 0 Å². The zero-order chi connectivity index (χ0) is 18.1. The maximum absolute atomic E-state index is 2.89. The molecular weight excluding hydrogens is 399 g/mol. The SMILES string of the molecule is Cl.Cl.c1cc(C2CCC3CN(C4CCCCC4)CC32)ccc1CCN1CCCC1. The molecule has 4 aliphatic rings. The third-order valence-electron chi connectivity index (χ3n) is 8.30. The van der Waals surface area contributed by atoms with Gasteiger partial charge in [-0.05, 0) is 86.9 Å². The van der Waals surface area contributed by atoms with Crippen molar-refractivity contribution in [1.29, 1.82) is 0 Å². The molecule has 164 valence electrons. The normalized spacial score (nSPS) is 30.7. The van der Waals surface area contributed by atoms with Gasteiger partial charge in [0.05, 0.1) is 0 Å². The lowest BCUT2D eigenvalue weighted by atomic mass is 9.86. The standard InChI is InChI=1S/C25H38N2.2ClH/c1-2-6-23(7-3-1)27-18-22-12-13-24(25(22)19-27)21-10-8-20(9-11-21)14-17-26-15-4-5-16-26;;/h8-11,22-25H,1-7,12-19H2;2*1H. The molecule has 4 heteroatoms. The van der Waals surface area contributed by atoms with E-state index >= 15 is 0 Å². The van der Waals surface area contributed by atoms with E-state index < -0.39 is 0 Å². The van der Waals surface area contributed by atoms with Gasteiger partial charge in [-0.15, -0.1) is 24.8 Å². The smallest absolute Gasteiger partial charge is 0.00954 e. The molecule has 29 heavy (non-hydrogen) atoms. The van der Waals surface area contributed by atoms with Crippen LogP contribution in [0.4, 0.5) is 0 Å². The predicted molar refractivity (Wildman–Crippen MR) is 128 cm³/mol. The molecule has 2 saturated heterocycles. The van der Waals surface area contributed by atoms with E-state index in [0.29, 0.717) is 0 Å². The molecule has 2 nitrogen and oxygen atoms in total. The Bertz CT molecular complexity index is 608. The Balaban J connectivity index is 0.00000120. The van der Waals surface area contributed by atoms with Crippen molar-refractivity contribution in [2.24, 2.45) is 11.8 Å². The van der Waals surface area contributed by atoms with E-state index in [-0.39, 0.29) is 24.8 Å². The highest BCUT2D eigenvalue weighted by Crippen LogP contribution is 2.48. The van der Waals surface area contributed by atoms with Crippen LogP contribution in [0.2, 0.25) is 0 Å². The van der Waals surface area contributed by atoms with Gasteiger partial charge < -0.3 is 4.90 Å². The maximum atomic E-state index is 2.89. The predicted octanol–water partition coefficient (Wildman–Crippen LogP) is 5.93. The van der Waals surface area contributed by atoms with Gasteiger partial charge in [0, 0.05) is 25.7 Å². The van der Waals surface area contributed by atoms with Crippen molar-refractivity contribution in [2.75, 3.05) is 32.7 Å². The van der Waals surface area contributed by atoms with Crippen LogP contribution >= 0.6 is 24.8 Å². The Morgan fingerprint density at radius 3 is 2.21 bits per heavy atom. The van der Waals surface area contributed by atoms with E-state index in [1.165, 1.54) is 102 Å². The Morgan fingerprint density at radius 1 is 0.759 bits per heavy atom. The summed E-state index contributed by atoms with van der Waals surface area (Å²) in [6, 6.07) is 10.8. The summed E-state index contributed by atoms with van der Waals surface area (Å²) in [5.74, 6) is 2.74. The fourth-order valence-corrected chi connectivity index (χ4v) is 6.68. The van der Waals surface area contributed by atoms with Crippen molar-refractivity contribution < 1.29 is 0 Å². The molecule has 0 radical (unpaired) electrons. The van der Waals surface area contributed by atoms with Gasteiger partial charge >= 0.3 is 0 Å². The van der Waals surface area contributed by atoms with Crippen molar-refractivity contribution in [3.63, 3.8) is 0 Å². The van der Waals surface area contributed by atoms with E-state index in [9.17, 15) is 0 Å². The van der Waals surface area contributed by atoms with E-state index in [1.807, 2.05) is 0 Å². The number of hydrogen-bond donors (Lipinski definition) is 0. The van der Waals surface area contributed by atoms with Gasteiger partial charge in [-0.3, -0.25) is 4.90 Å². The van der Waals surface area contributed by atoms with Gasteiger partial charge in [-0.1, -0.05) is 43.5 Å². The molecule has 4 fully saturated rings. The molecule has 2 aliphatic heterocycles. The first kappa shape index (κ1) is 23.4. The summed E-state index contributed by atoms with van der Waals surface area (Å²) in [4.78, 5) is 5.53. The van der Waals surface area contributed by atoms with Crippen molar-refractivity contribution in [1.82, 2.24) is 9.80 Å². The largest absolute Gasteiger partial charge is 0.303 e. The van der Waals surface area contributed by atoms with Gasteiger partial charge in [-0.25, -0.2) is 0 Å². The highest BCUT2D eigenvalue weighted by atomic mass is 35.5. The zero-order valence-corrected chi connectivity index (χ0v) is 19.6. The average molecular weight is 440 g/mol. The third-order valence-corrected chi connectivity index (χ3v) is 8.30. The Morgan fingerprint density at radius 2 is 1.48 bits per heavy atom. The molecule has 3 atom stereocenters. The van der Waals surface area contributed by atoms with Gasteiger partial charge in [0.2, 0.25) is 0 Å². The first-order chi connectivity index (χ1) is 13.4. The highest BCUT2D eigenvalue weighted by Gasteiger charge is 2.44. The molecule has 0 spiro atoms. The summed E-state index contributed by atoms with van der Waals surface area (Å²) in [5.41, 5.74) is 3.17. The van der Waals surface area contributed by atoms with Crippen LogP contribution < -0.4 is 0 Å². The summed E-state index contributed by atoms with van der Waals surface area (Å²) in [5, 5.41) is 0. The second-order valence-corrected chi connectivity index (χ2v) is 9.89. The molecule has 2 saturated carbocycles. The Kier molecular flexibility index (Phi) is 8.74. The van der Waals surface area contributed by atoms with Gasteiger partial charge in [0.25, 0.3) is 0 Å². The number of likely N-dealkylation sites (tertiary alicyclic amines) is 2. The average Bonchev–Trinajstić information content (AvgIpc) is 3.45. The van der Waals surface area contributed by atoms with Crippen molar-refractivity contribution in [3.05, 3.63) is 35.4 Å². The van der Waals surface area contributed by atoms with Gasteiger partial charge in [-0.2, -0.15) is 0 Å². The second kappa shape index (κ2) is 10.8. The van der Waals surface area contributed by atoms with Crippen LogP contribution in [0.5, 0.6) is 0 Å². The fraction of sp³-hybridized carbons (Fsp3) is 0.760. The van der Waals surface area contributed by atoms with E-state index in [1.54, 1.807) is 5.56 Å². The van der Waals surface area contributed by atoms with Gasteiger partial charge in [0.1, 0.15) is 0 Å². The molecule has 3 unspecified atom stereocenters. The third kappa shape index (κ3) is 5.32. The van der Waals surface area contributed by atoms with Crippen LogP contribution in [0, 0.1) is 11.8 Å². The van der Waals surface area contributed by atoms with E-state index in [2.05, 4.69) is 34.1 Å². The maximum Gasteiger partial charge on any atom is 0.00954 e. The minimum absolute atomic E-state index is 0. The second-order valence-electron chi connectivity index (χ2n) is 9.89. The number of hydrogen-bond acceptors (Lipinski definition) is 2. The first-order valence-corrected chi connectivity index (χ1v) is 11.9. The summed E-state index contributed by atoms with van der Waals surface area (Å²) in [6.45, 7) is 6.68.